The SMILES string of the molecule is [2H]c1c([2H])c([2H])c(-c2cc3c4c(c2)N(c2ccc5c(c2)C(C)(C)CCC5(C)C)c2c(oc5cc6c(cc25)C2(C)CCC6(C)CC2)B4c2ccc(C(C)(C)C)cc2N3c2cccc(C(C)(C)C)c2)c([2H])c1[2H]. The lowest BCUT2D eigenvalue weighted by Crippen LogP contribution is -2.61. The first-order chi connectivity index (χ1) is 33.2. The predicted octanol–water partition coefficient (Wildman–Crippen LogP) is 15.2. The van der Waals surface area contributed by atoms with Crippen LogP contribution in [-0.2, 0) is 32.5 Å². The average Bonchev–Trinajstić information content (AvgIpc) is 3.69. The maximum absolute atomic E-state index is 9.47. The summed E-state index contributed by atoms with van der Waals surface area (Å²) in [6.45, 7) is 27.6. The second-order valence-corrected chi connectivity index (χ2v) is 24.7. The quantitative estimate of drug-likeness (QED) is 0.165. The number of nitrogens with zero attached hydrogens (tertiary/aromatic N) is 2. The molecule has 13 rings (SSSR count). The van der Waals surface area contributed by atoms with Crippen LogP contribution in [-0.4, -0.2) is 6.71 Å². The Balaban J connectivity index is 1.26. The zero-order valence-corrected chi connectivity index (χ0v) is 41.2. The van der Waals surface area contributed by atoms with E-state index in [1.807, 2.05) is 0 Å². The van der Waals surface area contributed by atoms with E-state index in [1.165, 1.54) is 46.2 Å². The molecule has 1 fully saturated rings. The fourth-order valence-electron chi connectivity index (χ4n) is 12.8. The molecule has 2 bridgehead atoms. The normalized spacial score (nSPS) is 23.2. The van der Waals surface area contributed by atoms with E-state index in [0.717, 1.165) is 87.4 Å². The Labute approximate surface area is 401 Å². The van der Waals surface area contributed by atoms with Crippen LogP contribution in [0.15, 0.2) is 120 Å². The molecule has 0 spiro atoms. The van der Waals surface area contributed by atoms with Crippen LogP contribution >= 0.6 is 0 Å². The van der Waals surface area contributed by atoms with Gasteiger partial charge in [0.2, 0.25) is 0 Å². The molecule has 0 N–H and O–H groups in total. The number of hydrogen-bond acceptors (Lipinski definition) is 3. The van der Waals surface area contributed by atoms with Crippen molar-refractivity contribution in [2.75, 3.05) is 9.80 Å². The first kappa shape index (κ1) is 36.6. The van der Waals surface area contributed by atoms with E-state index in [-0.39, 0.29) is 68.9 Å². The molecule has 1 saturated carbocycles. The molecule has 4 heteroatoms. The van der Waals surface area contributed by atoms with Crippen LogP contribution < -0.4 is 26.4 Å². The summed E-state index contributed by atoms with van der Waals surface area (Å²) in [5.74, 6) is 0. The Morgan fingerprint density at radius 3 is 1.82 bits per heavy atom. The van der Waals surface area contributed by atoms with Gasteiger partial charge in [-0.2, -0.15) is 0 Å². The predicted molar refractivity (Wildman–Crippen MR) is 282 cm³/mol. The van der Waals surface area contributed by atoms with E-state index < -0.39 is 6.04 Å². The van der Waals surface area contributed by atoms with Gasteiger partial charge < -0.3 is 14.2 Å². The van der Waals surface area contributed by atoms with Crippen LogP contribution in [0.1, 0.15) is 162 Å². The van der Waals surface area contributed by atoms with Crippen molar-refractivity contribution in [3.8, 4) is 11.1 Å². The van der Waals surface area contributed by atoms with Gasteiger partial charge in [-0.15, -0.1) is 0 Å². The van der Waals surface area contributed by atoms with Crippen LogP contribution in [0.5, 0.6) is 0 Å². The molecule has 0 unspecified atom stereocenters. The Kier molecular flexibility index (Phi) is 7.54. The molecular formula is C62H67BN2O. The van der Waals surface area contributed by atoms with Gasteiger partial charge in [-0.1, -0.05) is 144 Å². The largest absolute Gasteiger partial charge is 0.468 e. The molecule has 334 valence electrons. The Hall–Kier alpha value is -5.48. The fourth-order valence-corrected chi connectivity index (χ4v) is 12.8. The molecule has 1 aromatic heterocycles. The van der Waals surface area contributed by atoms with Crippen molar-refractivity contribution in [2.45, 2.75) is 154 Å². The van der Waals surface area contributed by atoms with Crippen molar-refractivity contribution in [1.29, 1.82) is 0 Å². The maximum Gasteiger partial charge on any atom is 0.297 e. The number of benzene rings is 6. The summed E-state index contributed by atoms with van der Waals surface area (Å²) in [6, 6.07) is 30.5. The first-order valence-electron chi connectivity index (χ1n) is 27.1. The molecule has 66 heavy (non-hydrogen) atoms. The second kappa shape index (κ2) is 13.6. The van der Waals surface area contributed by atoms with Gasteiger partial charge in [0.15, 0.2) is 0 Å². The molecule has 0 amide bonds. The standard InChI is InChI=1S/C62H67BN2O/c1-57(2,3)40-19-16-20-42(33-40)64-50-34-41(58(4,5)6)21-24-49(50)63-54-51(64)31-39(38-17-14-13-15-18-38)32-52(54)65(43-22-23-45-46(35-43)60(9,10)26-25-59(45,7)8)55-44-36-47-48(37-53(44)66-56(55)63)62(12)29-27-61(47,11)28-30-62/h13-24,31-37H,25-30H2,1-12H3/i13D,14D,15D,17D,18D. The lowest BCUT2D eigenvalue weighted by molar-refractivity contribution is 0.188. The van der Waals surface area contributed by atoms with E-state index in [0.29, 0.717) is 5.56 Å². The van der Waals surface area contributed by atoms with Gasteiger partial charge in [-0.25, -0.2) is 0 Å². The smallest absolute Gasteiger partial charge is 0.297 e. The third kappa shape index (κ3) is 6.01. The number of fused-ring (bicyclic) bond motifs is 9. The zero-order chi connectivity index (χ0) is 50.4. The number of hydrogen-bond donors (Lipinski definition) is 0. The van der Waals surface area contributed by atoms with Gasteiger partial charge in [0.1, 0.15) is 5.58 Å². The zero-order valence-electron chi connectivity index (χ0n) is 46.2. The minimum absolute atomic E-state index is 0.00555. The second-order valence-electron chi connectivity index (χ2n) is 24.7. The summed E-state index contributed by atoms with van der Waals surface area (Å²) in [4.78, 5) is 4.82. The summed E-state index contributed by atoms with van der Waals surface area (Å²) < 4.78 is 53.1. The summed E-state index contributed by atoms with van der Waals surface area (Å²) >= 11 is 0. The van der Waals surface area contributed by atoms with Gasteiger partial charge in [0.25, 0.3) is 6.71 Å². The summed E-state index contributed by atoms with van der Waals surface area (Å²) in [6.07, 6.45) is 6.83. The van der Waals surface area contributed by atoms with Crippen LogP contribution in [0.3, 0.4) is 0 Å². The molecule has 0 atom stereocenters. The third-order valence-electron chi connectivity index (χ3n) is 17.3. The minimum atomic E-state index is -0.400. The maximum atomic E-state index is 9.47. The van der Waals surface area contributed by atoms with Gasteiger partial charge >= 0.3 is 0 Å². The molecule has 2 aliphatic heterocycles. The van der Waals surface area contributed by atoms with Crippen LogP contribution in [0.2, 0.25) is 0 Å². The molecule has 4 aliphatic carbocycles. The molecule has 0 radical (unpaired) electrons. The van der Waals surface area contributed by atoms with E-state index in [9.17, 15) is 2.74 Å². The lowest BCUT2D eigenvalue weighted by Gasteiger charge is -2.52. The summed E-state index contributed by atoms with van der Waals surface area (Å²) in [5, 5.41) is 1.09. The number of rotatable bonds is 3. The number of anilines is 6. The van der Waals surface area contributed by atoms with Gasteiger partial charge in [0.05, 0.1) is 18.2 Å². The molecule has 7 aromatic rings. The fraction of sp³-hybridized carbons (Fsp3) is 0.387. The number of furan rings is 1. The minimum Gasteiger partial charge on any atom is -0.468 e. The molecule has 6 aromatic carbocycles. The highest BCUT2D eigenvalue weighted by atomic mass is 16.3. The first-order valence-corrected chi connectivity index (χ1v) is 24.6. The third-order valence-corrected chi connectivity index (χ3v) is 17.3. The Bertz CT molecular complexity index is 3440. The molecule has 3 heterocycles. The molecule has 6 aliphatic rings. The Morgan fingerprint density at radius 2 is 1.15 bits per heavy atom. The molecule has 3 nitrogen and oxygen atoms in total. The van der Waals surface area contributed by atoms with E-state index in [2.05, 4.69) is 178 Å². The highest BCUT2D eigenvalue weighted by Gasteiger charge is 2.51. The van der Waals surface area contributed by atoms with Crippen LogP contribution in [0.25, 0.3) is 22.1 Å². The summed E-state index contributed by atoms with van der Waals surface area (Å²) in [5.41, 5.74) is 18.4. The lowest BCUT2D eigenvalue weighted by atomic mass is 9.35. The van der Waals surface area contributed by atoms with Crippen molar-refractivity contribution < 1.29 is 11.3 Å². The Morgan fingerprint density at radius 1 is 0.545 bits per heavy atom. The van der Waals surface area contributed by atoms with Crippen molar-refractivity contribution >= 4 is 68.4 Å². The highest BCUT2D eigenvalue weighted by Crippen LogP contribution is 2.59. The van der Waals surface area contributed by atoms with Crippen molar-refractivity contribution in [3.05, 3.63) is 149 Å². The van der Waals surface area contributed by atoms with E-state index >= 15 is 0 Å². The average molecular weight is 872 g/mol. The molecular weight excluding hydrogens is 800 g/mol. The van der Waals surface area contributed by atoms with E-state index in [4.69, 9.17) is 8.53 Å². The topological polar surface area (TPSA) is 19.6 Å². The van der Waals surface area contributed by atoms with Crippen LogP contribution in [0.4, 0.5) is 34.1 Å². The van der Waals surface area contributed by atoms with Gasteiger partial charge in [-0.05, 0) is 181 Å². The van der Waals surface area contributed by atoms with Crippen molar-refractivity contribution in [1.82, 2.24) is 0 Å². The summed E-state index contributed by atoms with van der Waals surface area (Å²) in [7, 11) is 0. The van der Waals surface area contributed by atoms with Crippen molar-refractivity contribution in [3.63, 3.8) is 0 Å². The van der Waals surface area contributed by atoms with Gasteiger partial charge in [0, 0.05) is 33.8 Å². The highest BCUT2D eigenvalue weighted by molar-refractivity contribution is 7.00. The van der Waals surface area contributed by atoms with E-state index in [1.54, 1.807) is 0 Å². The van der Waals surface area contributed by atoms with Gasteiger partial charge in [-0.3, -0.25) is 0 Å². The van der Waals surface area contributed by atoms with Crippen molar-refractivity contribution in [2.24, 2.45) is 0 Å². The monoisotopic (exact) mass is 872 g/mol. The molecule has 0 saturated heterocycles. The van der Waals surface area contributed by atoms with Crippen LogP contribution in [0, 0.1) is 0 Å².